The summed E-state index contributed by atoms with van der Waals surface area (Å²) in [6, 6.07) is 7.81. The number of hydrogen-bond acceptors (Lipinski definition) is 2. The summed E-state index contributed by atoms with van der Waals surface area (Å²) < 4.78 is 0. The molecule has 0 heterocycles. The zero-order valence-electron chi connectivity index (χ0n) is 9.30. The molecule has 0 aliphatic rings. The molecule has 2 nitrogen and oxygen atoms in total. The van der Waals surface area contributed by atoms with Gasteiger partial charge in [-0.25, -0.2) is 0 Å². The molecule has 1 N–H and O–H groups in total. The van der Waals surface area contributed by atoms with Crippen LogP contribution in [-0.4, -0.2) is 6.54 Å². The highest BCUT2D eigenvalue weighted by Gasteiger charge is 1.99. The molecule has 0 atom stereocenters. The molecule has 0 saturated heterocycles. The van der Waals surface area contributed by atoms with Gasteiger partial charge in [0, 0.05) is 12.2 Å². The Morgan fingerprint density at radius 3 is 2.87 bits per heavy atom. The second-order valence-corrected chi connectivity index (χ2v) is 3.78. The molecule has 0 saturated carbocycles. The number of nitrogens with zero attached hydrogens (tertiary/aromatic N) is 1. The highest BCUT2D eigenvalue weighted by atomic mass is 14.9. The zero-order valence-corrected chi connectivity index (χ0v) is 9.30. The Bertz CT molecular complexity index is 399. The van der Waals surface area contributed by atoms with E-state index in [-0.39, 0.29) is 0 Å². The Hall–Kier alpha value is -1.75. The van der Waals surface area contributed by atoms with E-state index in [1.54, 1.807) is 0 Å². The first-order valence-corrected chi connectivity index (χ1v) is 5.02. The number of benzene rings is 1. The summed E-state index contributed by atoms with van der Waals surface area (Å²) in [5.74, 6) is 0. The van der Waals surface area contributed by atoms with Crippen LogP contribution in [0.3, 0.4) is 0 Å². The fourth-order valence-corrected chi connectivity index (χ4v) is 1.29. The normalized spacial score (nSPS) is 9.40. The minimum absolute atomic E-state index is 0.693. The molecule has 1 aromatic rings. The molecular weight excluding hydrogens is 184 g/mol. The van der Waals surface area contributed by atoms with E-state index in [2.05, 4.69) is 18.0 Å². The molecule has 2 heteroatoms. The summed E-state index contributed by atoms with van der Waals surface area (Å²) in [6.07, 6.45) is 0.955. The van der Waals surface area contributed by atoms with Crippen molar-refractivity contribution in [1.29, 1.82) is 5.26 Å². The lowest BCUT2D eigenvalue weighted by molar-refractivity contribution is 1.000. The minimum Gasteiger partial charge on any atom is -0.384 e. The van der Waals surface area contributed by atoms with Gasteiger partial charge in [-0.15, -0.1) is 6.58 Å². The number of nitrogens with one attached hydrogen (secondary N) is 1. The van der Waals surface area contributed by atoms with Gasteiger partial charge in [-0.3, -0.25) is 0 Å². The molecular formula is C13H16N2. The van der Waals surface area contributed by atoms with Gasteiger partial charge < -0.3 is 5.32 Å². The maximum atomic E-state index is 8.77. The molecule has 0 unspecified atom stereocenters. The van der Waals surface area contributed by atoms with Crippen LogP contribution < -0.4 is 5.32 Å². The van der Waals surface area contributed by atoms with E-state index in [0.29, 0.717) is 5.56 Å². The minimum atomic E-state index is 0.693. The van der Waals surface area contributed by atoms with Crippen molar-refractivity contribution in [3.05, 3.63) is 41.5 Å². The number of rotatable bonds is 4. The number of nitriles is 1. The van der Waals surface area contributed by atoms with E-state index in [4.69, 9.17) is 5.26 Å². The summed E-state index contributed by atoms with van der Waals surface area (Å²) in [5.41, 5.74) is 4.06. The van der Waals surface area contributed by atoms with Gasteiger partial charge in [-0.1, -0.05) is 11.6 Å². The summed E-state index contributed by atoms with van der Waals surface area (Å²) in [5, 5.41) is 12.1. The van der Waals surface area contributed by atoms with E-state index in [9.17, 15) is 0 Å². The molecule has 0 bridgehead atoms. The Labute approximate surface area is 91.2 Å². The van der Waals surface area contributed by atoms with Gasteiger partial charge in [0.05, 0.1) is 11.6 Å². The van der Waals surface area contributed by atoms with Crippen molar-refractivity contribution in [2.24, 2.45) is 0 Å². The van der Waals surface area contributed by atoms with Crippen LogP contribution in [0.15, 0.2) is 30.4 Å². The summed E-state index contributed by atoms with van der Waals surface area (Å²) in [7, 11) is 0. The van der Waals surface area contributed by atoms with Gasteiger partial charge in [0.25, 0.3) is 0 Å². The van der Waals surface area contributed by atoms with E-state index in [1.165, 1.54) is 0 Å². The third-order valence-electron chi connectivity index (χ3n) is 2.23. The topological polar surface area (TPSA) is 35.8 Å². The quantitative estimate of drug-likeness (QED) is 0.757. The molecule has 1 rings (SSSR count). The predicted molar refractivity (Wildman–Crippen MR) is 63.8 cm³/mol. The molecule has 0 aromatic heterocycles. The summed E-state index contributed by atoms with van der Waals surface area (Å²) in [4.78, 5) is 0. The monoisotopic (exact) mass is 200 g/mol. The molecule has 0 fully saturated rings. The Kier molecular flexibility index (Phi) is 3.93. The molecule has 15 heavy (non-hydrogen) atoms. The zero-order chi connectivity index (χ0) is 11.3. The van der Waals surface area contributed by atoms with E-state index in [0.717, 1.165) is 29.8 Å². The van der Waals surface area contributed by atoms with Crippen molar-refractivity contribution in [1.82, 2.24) is 0 Å². The second kappa shape index (κ2) is 5.21. The maximum Gasteiger partial charge on any atom is 0.0992 e. The van der Waals surface area contributed by atoms with Gasteiger partial charge in [0.1, 0.15) is 0 Å². The van der Waals surface area contributed by atoms with Gasteiger partial charge in [-0.2, -0.15) is 5.26 Å². The van der Waals surface area contributed by atoms with Crippen LogP contribution in [0.25, 0.3) is 0 Å². The average Bonchev–Trinajstić information content (AvgIpc) is 2.20. The Morgan fingerprint density at radius 2 is 2.27 bits per heavy atom. The number of aryl methyl sites for hydroxylation is 1. The first-order valence-electron chi connectivity index (χ1n) is 5.02. The van der Waals surface area contributed by atoms with E-state index in [1.807, 2.05) is 32.0 Å². The fraction of sp³-hybridized carbons (Fsp3) is 0.308. The van der Waals surface area contributed by atoms with Crippen LogP contribution >= 0.6 is 0 Å². The lowest BCUT2D eigenvalue weighted by Gasteiger charge is -2.09. The van der Waals surface area contributed by atoms with Crippen LogP contribution in [-0.2, 0) is 0 Å². The first kappa shape index (κ1) is 11.3. The molecule has 0 radical (unpaired) electrons. The largest absolute Gasteiger partial charge is 0.384 e. The standard InChI is InChI=1S/C13H16N2/c1-10(2)6-7-15-13-8-12(9-14)5-4-11(13)3/h4-5,8,15H,1,6-7H2,2-3H3. The molecule has 1 aromatic carbocycles. The lowest BCUT2D eigenvalue weighted by Crippen LogP contribution is -2.03. The molecule has 0 amide bonds. The van der Waals surface area contributed by atoms with Gasteiger partial charge in [0.15, 0.2) is 0 Å². The first-order chi connectivity index (χ1) is 7.13. The van der Waals surface area contributed by atoms with Gasteiger partial charge >= 0.3 is 0 Å². The molecule has 78 valence electrons. The van der Waals surface area contributed by atoms with Crippen LogP contribution in [0, 0.1) is 18.3 Å². The fourth-order valence-electron chi connectivity index (χ4n) is 1.29. The summed E-state index contributed by atoms with van der Waals surface area (Å²) >= 11 is 0. The third-order valence-corrected chi connectivity index (χ3v) is 2.23. The summed E-state index contributed by atoms with van der Waals surface area (Å²) in [6.45, 7) is 8.76. The van der Waals surface area contributed by atoms with E-state index >= 15 is 0 Å². The second-order valence-electron chi connectivity index (χ2n) is 3.78. The number of anilines is 1. The lowest BCUT2D eigenvalue weighted by atomic mass is 10.1. The van der Waals surface area contributed by atoms with Crippen molar-refractivity contribution in [2.45, 2.75) is 20.3 Å². The highest BCUT2D eigenvalue weighted by molar-refractivity contribution is 5.55. The van der Waals surface area contributed by atoms with Crippen LogP contribution in [0.2, 0.25) is 0 Å². The van der Waals surface area contributed by atoms with Crippen LogP contribution in [0.5, 0.6) is 0 Å². The van der Waals surface area contributed by atoms with Crippen molar-refractivity contribution in [3.63, 3.8) is 0 Å². The molecule has 0 spiro atoms. The van der Waals surface area contributed by atoms with Crippen LogP contribution in [0.4, 0.5) is 5.69 Å². The maximum absolute atomic E-state index is 8.77. The third kappa shape index (κ3) is 3.47. The Balaban J connectivity index is 2.68. The number of hydrogen-bond donors (Lipinski definition) is 1. The Morgan fingerprint density at radius 1 is 1.53 bits per heavy atom. The van der Waals surface area contributed by atoms with Crippen molar-refractivity contribution < 1.29 is 0 Å². The van der Waals surface area contributed by atoms with Crippen LogP contribution in [0.1, 0.15) is 24.5 Å². The van der Waals surface area contributed by atoms with Gasteiger partial charge in [-0.05, 0) is 38.0 Å². The van der Waals surface area contributed by atoms with E-state index < -0.39 is 0 Å². The molecule has 0 aliphatic heterocycles. The smallest absolute Gasteiger partial charge is 0.0992 e. The van der Waals surface area contributed by atoms with Crippen molar-refractivity contribution in [2.75, 3.05) is 11.9 Å². The average molecular weight is 200 g/mol. The SMILES string of the molecule is C=C(C)CCNc1cc(C#N)ccc1C. The van der Waals surface area contributed by atoms with Gasteiger partial charge in [0.2, 0.25) is 0 Å². The highest BCUT2D eigenvalue weighted by Crippen LogP contribution is 2.16. The molecule has 0 aliphatic carbocycles. The van der Waals surface area contributed by atoms with Crippen molar-refractivity contribution >= 4 is 5.69 Å². The van der Waals surface area contributed by atoms with Crippen molar-refractivity contribution in [3.8, 4) is 6.07 Å². The predicted octanol–water partition coefficient (Wildman–Crippen LogP) is 3.24.